The number of nitrogens with one attached hydrogen (secondary N) is 1. The maximum Gasteiger partial charge on any atom is 0.254 e. The van der Waals surface area contributed by atoms with Gasteiger partial charge < -0.3 is 15.1 Å². The fraction of sp³-hybridized carbons (Fsp3) is 0.556. The van der Waals surface area contributed by atoms with Crippen LogP contribution in [0.2, 0.25) is 0 Å². The van der Waals surface area contributed by atoms with Gasteiger partial charge in [0.25, 0.3) is 5.91 Å². The van der Waals surface area contributed by atoms with Gasteiger partial charge in [0.1, 0.15) is 0 Å². The summed E-state index contributed by atoms with van der Waals surface area (Å²) in [4.78, 5) is 32.7. The third-order valence-electron chi connectivity index (χ3n) is 6.81. The standard InChI is InChI=1S/C27H37N3O2S/c1-19(2)17-30-25(23-12-7-16-33-23)24(21-10-4-5-11-22(21)27(30)32)26(31)28-13-8-15-29-14-6-9-20(3)18-29/h4-5,7,10-12,16,19-20,24-25H,6,8-9,13-15,17-18H2,1-3H3,(H,28,31)/t20-,24+,25-/m1/s1. The first-order valence-electron chi connectivity index (χ1n) is 12.4. The molecule has 3 atom stereocenters. The van der Waals surface area contributed by atoms with Crippen molar-refractivity contribution in [3.63, 3.8) is 0 Å². The molecule has 178 valence electrons. The number of rotatable bonds is 8. The van der Waals surface area contributed by atoms with E-state index < -0.39 is 5.92 Å². The summed E-state index contributed by atoms with van der Waals surface area (Å²) in [5.41, 5.74) is 1.51. The van der Waals surface area contributed by atoms with Gasteiger partial charge in [0, 0.05) is 30.1 Å². The van der Waals surface area contributed by atoms with Crippen LogP contribution in [0, 0.1) is 11.8 Å². The van der Waals surface area contributed by atoms with Gasteiger partial charge in [-0.15, -0.1) is 11.3 Å². The molecule has 0 unspecified atom stereocenters. The van der Waals surface area contributed by atoms with Crippen molar-refractivity contribution in [2.75, 3.05) is 32.7 Å². The van der Waals surface area contributed by atoms with E-state index in [1.807, 2.05) is 40.6 Å². The summed E-state index contributed by atoms with van der Waals surface area (Å²) < 4.78 is 0. The predicted octanol–water partition coefficient (Wildman–Crippen LogP) is 4.92. The van der Waals surface area contributed by atoms with Crippen molar-refractivity contribution in [3.05, 3.63) is 57.8 Å². The lowest BCUT2D eigenvalue weighted by Crippen LogP contribution is -2.48. The molecule has 33 heavy (non-hydrogen) atoms. The number of piperidine rings is 1. The number of carbonyl (C=O) groups is 2. The summed E-state index contributed by atoms with van der Waals surface area (Å²) in [5, 5.41) is 5.26. The number of fused-ring (bicyclic) bond motifs is 1. The van der Waals surface area contributed by atoms with Gasteiger partial charge in [-0.3, -0.25) is 9.59 Å². The van der Waals surface area contributed by atoms with Crippen molar-refractivity contribution in [2.45, 2.75) is 52.0 Å². The van der Waals surface area contributed by atoms with E-state index in [1.165, 1.54) is 19.4 Å². The van der Waals surface area contributed by atoms with E-state index in [9.17, 15) is 9.59 Å². The van der Waals surface area contributed by atoms with E-state index in [0.29, 0.717) is 24.6 Å². The lowest BCUT2D eigenvalue weighted by atomic mass is 9.81. The van der Waals surface area contributed by atoms with Crippen LogP contribution in [0.3, 0.4) is 0 Å². The number of carbonyl (C=O) groups excluding carboxylic acids is 2. The van der Waals surface area contributed by atoms with Crippen molar-refractivity contribution in [1.29, 1.82) is 0 Å². The molecule has 1 saturated heterocycles. The fourth-order valence-electron chi connectivity index (χ4n) is 5.36. The second kappa shape index (κ2) is 10.8. The second-order valence-corrected chi connectivity index (χ2v) is 11.0. The van der Waals surface area contributed by atoms with Gasteiger partial charge in [-0.05, 0) is 67.3 Å². The van der Waals surface area contributed by atoms with Crippen LogP contribution in [-0.4, -0.2) is 54.3 Å². The first kappa shape index (κ1) is 24.0. The maximum absolute atomic E-state index is 13.6. The molecule has 3 heterocycles. The highest BCUT2D eigenvalue weighted by atomic mass is 32.1. The minimum Gasteiger partial charge on any atom is -0.355 e. The quantitative estimate of drug-likeness (QED) is 0.561. The van der Waals surface area contributed by atoms with Crippen molar-refractivity contribution in [3.8, 4) is 0 Å². The molecule has 0 spiro atoms. The molecular weight excluding hydrogens is 430 g/mol. The Morgan fingerprint density at radius 1 is 1.21 bits per heavy atom. The molecule has 6 heteroatoms. The number of benzene rings is 1. The second-order valence-electron chi connectivity index (χ2n) is 10.1. The van der Waals surface area contributed by atoms with Crippen LogP contribution in [0.5, 0.6) is 0 Å². The molecule has 5 nitrogen and oxygen atoms in total. The van der Waals surface area contributed by atoms with Crippen LogP contribution < -0.4 is 5.32 Å². The number of nitrogens with zero attached hydrogens (tertiary/aromatic N) is 2. The highest BCUT2D eigenvalue weighted by Gasteiger charge is 2.44. The number of likely N-dealkylation sites (tertiary alicyclic amines) is 1. The molecule has 1 aromatic heterocycles. The molecule has 0 saturated carbocycles. The molecule has 2 aliphatic rings. The molecule has 0 radical (unpaired) electrons. The zero-order valence-electron chi connectivity index (χ0n) is 20.1. The smallest absolute Gasteiger partial charge is 0.254 e. The van der Waals surface area contributed by atoms with E-state index in [1.54, 1.807) is 11.3 Å². The van der Waals surface area contributed by atoms with Gasteiger partial charge in [-0.2, -0.15) is 0 Å². The van der Waals surface area contributed by atoms with Gasteiger partial charge >= 0.3 is 0 Å². The molecule has 4 rings (SSSR count). The summed E-state index contributed by atoms with van der Waals surface area (Å²) >= 11 is 1.62. The van der Waals surface area contributed by atoms with E-state index in [4.69, 9.17) is 0 Å². The topological polar surface area (TPSA) is 52.7 Å². The zero-order valence-corrected chi connectivity index (χ0v) is 20.9. The number of amides is 2. The van der Waals surface area contributed by atoms with Crippen LogP contribution in [-0.2, 0) is 4.79 Å². The highest BCUT2D eigenvalue weighted by Crippen LogP contribution is 2.44. The van der Waals surface area contributed by atoms with Crippen molar-refractivity contribution in [2.24, 2.45) is 11.8 Å². The predicted molar refractivity (Wildman–Crippen MR) is 135 cm³/mol. The highest BCUT2D eigenvalue weighted by molar-refractivity contribution is 7.10. The molecular formula is C27H37N3O2S. The van der Waals surface area contributed by atoms with Gasteiger partial charge in [0.2, 0.25) is 5.91 Å². The summed E-state index contributed by atoms with van der Waals surface area (Å²) in [6.07, 6.45) is 3.55. The largest absolute Gasteiger partial charge is 0.355 e. The summed E-state index contributed by atoms with van der Waals surface area (Å²) in [6, 6.07) is 11.5. The number of hydrogen-bond acceptors (Lipinski definition) is 4. The molecule has 2 amide bonds. The van der Waals surface area contributed by atoms with Crippen LogP contribution in [0.15, 0.2) is 41.8 Å². The normalized spacial score (nSPS) is 23.6. The minimum atomic E-state index is -0.397. The van der Waals surface area contributed by atoms with Crippen molar-refractivity contribution in [1.82, 2.24) is 15.1 Å². The van der Waals surface area contributed by atoms with Crippen LogP contribution >= 0.6 is 11.3 Å². The third kappa shape index (κ3) is 5.49. The molecule has 2 aliphatic heterocycles. The Morgan fingerprint density at radius 2 is 2.03 bits per heavy atom. The first-order valence-corrected chi connectivity index (χ1v) is 13.3. The first-order chi connectivity index (χ1) is 16.0. The van der Waals surface area contributed by atoms with Crippen molar-refractivity contribution >= 4 is 23.2 Å². The number of thiophene rings is 1. The Bertz CT molecular complexity index is 943. The van der Waals surface area contributed by atoms with E-state index in [2.05, 4.69) is 37.1 Å². The van der Waals surface area contributed by atoms with Crippen LogP contribution in [0.4, 0.5) is 0 Å². The van der Waals surface area contributed by atoms with Gasteiger partial charge in [-0.25, -0.2) is 0 Å². The SMILES string of the molecule is CC(C)CN1C(=O)c2ccccc2[C@H](C(=O)NCCCN2CCC[C@@H](C)C2)[C@H]1c1cccs1. The Hall–Kier alpha value is -2.18. The van der Waals surface area contributed by atoms with E-state index >= 15 is 0 Å². The molecule has 2 aromatic rings. The Morgan fingerprint density at radius 3 is 2.76 bits per heavy atom. The monoisotopic (exact) mass is 467 g/mol. The molecule has 1 N–H and O–H groups in total. The summed E-state index contributed by atoms with van der Waals surface area (Å²) in [6.45, 7) is 11.2. The molecule has 0 aliphatic carbocycles. The number of hydrogen-bond donors (Lipinski definition) is 1. The molecule has 1 fully saturated rings. The van der Waals surface area contributed by atoms with E-state index in [0.717, 1.165) is 35.9 Å². The summed E-state index contributed by atoms with van der Waals surface area (Å²) in [7, 11) is 0. The Balaban J connectivity index is 1.53. The third-order valence-corrected chi connectivity index (χ3v) is 7.75. The zero-order chi connectivity index (χ0) is 23.4. The Kier molecular flexibility index (Phi) is 7.86. The average Bonchev–Trinajstić information content (AvgIpc) is 3.32. The average molecular weight is 468 g/mol. The van der Waals surface area contributed by atoms with Crippen LogP contribution in [0.1, 0.15) is 72.8 Å². The minimum absolute atomic E-state index is 0.0223. The van der Waals surface area contributed by atoms with Gasteiger partial charge in [-0.1, -0.05) is 45.0 Å². The lowest BCUT2D eigenvalue weighted by Gasteiger charge is -2.42. The van der Waals surface area contributed by atoms with Crippen molar-refractivity contribution < 1.29 is 9.59 Å². The molecule has 1 aromatic carbocycles. The van der Waals surface area contributed by atoms with Gasteiger partial charge in [0.15, 0.2) is 0 Å². The fourth-order valence-corrected chi connectivity index (χ4v) is 6.23. The maximum atomic E-state index is 13.6. The Labute approximate surface area is 202 Å². The lowest BCUT2D eigenvalue weighted by molar-refractivity contribution is -0.124. The molecule has 0 bridgehead atoms. The van der Waals surface area contributed by atoms with Gasteiger partial charge in [0.05, 0.1) is 12.0 Å². The van der Waals surface area contributed by atoms with E-state index in [-0.39, 0.29) is 17.9 Å². The summed E-state index contributed by atoms with van der Waals surface area (Å²) in [5.74, 6) is 0.738. The van der Waals surface area contributed by atoms with Crippen LogP contribution in [0.25, 0.3) is 0 Å².